The van der Waals surface area contributed by atoms with E-state index in [4.69, 9.17) is 4.42 Å². The maximum Gasteiger partial charge on any atom is 0.160 e. The van der Waals surface area contributed by atoms with Gasteiger partial charge in [0.2, 0.25) is 0 Å². The minimum atomic E-state index is -0.173. The number of anilines is 3. The van der Waals surface area contributed by atoms with Gasteiger partial charge in [-0.3, -0.25) is 0 Å². The van der Waals surface area contributed by atoms with Crippen molar-refractivity contribution >= 4 is 39.0 Å². The van der Waals surface area contributed by atoms with E-state index in [1.54, 1.807) is 0 Å². The molecular formula is C45H33NO. The molecule has 47 heavy (non-hydrogen) atoms. The van der Waals surface area contributed by atoms with E-state index in [9.17, 15) is 0 Å². The molecule has 0 aliphatic heterocycles. The first kappa shape index (κ1) is 27.5. The van der Waals surface area contributed by atoms with E-state index in [0.717, 1.165) is 39.0 Å². The van der Waals surface area contributed by atoms with Gasteiger partial charge in [-0.25, -0.2) is 0 Å². The molecule has 0 unspecified atom stereocenters. The van der Waals surface area contributed by atoms with Crippen LogP contribution >= 0.6 is 0 Å². The molecule has 224 valence electrons. The average molecular weight is 604 g/mol. The molecule has 2 nitrogen and oxygen atoms in total. The van der Waals surface area contributed by atoms with Crippen LogP contribution in [0.2, 0.25) is 0 Å². The van der Waals surface area contributed by atoms with Crippen LogP contribution in [-0.4, -0.2) is 0 Å². The van der Waals surface area contributed by atoms with E-state index >= 15 is 0 Å². The predicted octanol–water partition coefficient (Wildman–Crippen LogP) is 12.7. The molecule has 0 bridgehead atoms. The average Bonchev–Trinajstić information content (AvgIpc) is 3.62. The van der Waals surface area contributed by atoms with Gasteiger partial charge in [-0.05, 0) is 75.3 Å². The number of hydrogen-bond donors (Lipinski definition) is 0. The van der Waals surface area contributed by atoms with Gasteiger partial charge in [-0.1, -0.05) is 141 Å². The Morgan fingerprint density at radius 1 is 0.468 bits per heavy atom. The van der Waals surface area contributed by atoms with Crippen LogP contribution < -0.4 is 4.90 Å². The molecule has 9 rings (SSSR count). The number of furan rings is 1. The van der Waals surface area contributed by atoms with E-state index in [1.807, 2.05) is 0 Å². The molecule has 8 aromatic rings. The lowest BCUT2D eigenvalue weighted by atomic mass is 9.82. The van der Waals surface area contributed by atoms with Crippen molar-refractivity contribution in [2.45, 2.75) is 19.3 Å². The van der Waals surface area contributed by atoms with Crippen molar-refractivity contribution in [1.82, 2.24) is 0 Å². The molecule has 1 aliphatic carbocycles. The molecule has 0 radical (unpaired) electrons. The first-order chi connectivity index (χ1) is 23.1. The molecule has 1 aliphatic rings. The maximum absolute atomic E-state index is 6.86. The Bertz CT molecular complexity index is 2320. The standard InChI is InChI=1S/C45H33NO/c1-45(2)39-19-11-9-18-37(39)42-40(45)29-38-36-17-10-12-20-41(36)47-44(38)43(42)46(34-25-21-32(22-26-34)30-13-5-3-6-14-30)35-27-23-33(24-28-35)31-15-7-4-8-16-31/h3-29H,1-2H3. The third-order valence-corrected chi connectivity index (χ3v) is 9.88. The summed E-state index contributed by atoms with van der Waals surface area (Å²) in [5.74, 6) is 0. The highest BCUT2D eigenvalue weighted by molar-refractivity contribution is 6.15. The fourth-order valence-corrected chi connectivity index (χ4v) is 7.49. The van der Waals surface area contributed by atoms with Gasteiger partial charge in [0.05, 0.1) is 5.69 Å². The third kappa shape index (κ3) is 4.33. The molecule has 0 atom stereocenters. The summed E-state index contributed by atoms with van der Waals surface area (Å²) in [7, 11) is 0. The van der Waals surface area contributed by atoms with Crippen LogP contribution in [0.1, 0.15) is 25.0 Å². The number of para-hydroxylation sites is 1. The summed E-state index contributed by atoms with van der Waals surface area (Å²) >= 11 is 0. The van der Waals surface area contributed by atoms with Crippen LogP contribution in [0, 0.1) is 0 Å². The van der Waals surface area contributed by atoms with Gasteiger partial charge in [0.25, 0.3) is 0 Å². The van der Waals surface area contributed by atoms with Crippen LogP contribution in [0.25, 0.3) is 55.3 Å². The van der Waals surface area contributed by atoms with Crippen molar-refractivity contribution in [2.24, 2.45) is 0 Å². The van der Waals surface area contributed by atoms with E-state index in [0.29, 0.717) is 0 Å². The maximum atomic E-state index is 6.86. The summed E-state index contributed by atoms with van der Waals surface area (Å²) in [4.78, 5) is 2.41. The van der Waals surface area contributed by atoms with Crippen molar-refractivity contribution < 1.29 is 4.42 Å². The third-order valence-electron chi connectivity index (χ3n) is 9.88. The van der Waals surface area contributed by atoms with Gasteiger partial charge in [-0.2, -0.15) is 0 Å². The highest BCUT2D eigenvalue weighted by Gasteiger charge is 2.40. The summed E-state index contributed by atoms with van der Waals surface area (Å²) in [6.45, 7) is 4.70. The number of benzene rings is 7. The molecular weight excluding hydrogens is 571 g/mol. The Morgan fingerprint density at radius 2 is 0.979 bits per heavy atom. The van der Waals surface area contributed by atoms with Gasteiger partial charge in [-0.15, -0.1) is 0 Å². The Balaban J connectivity index is 1.35. The normalized spacial score (nSPS) is 13.1. The molecule has 2 heteroatoms. The minimum Gasteiger partial charge on any atom is -0.454 e. The van der Waals surface area contributed by atoms with Crippen LogP contribution in [0.4, 0.5) is 17.1 Å². The second-order valence-corrected chi connectivity index (χ2v) is 13.0. The zero-order valence-corrected chi connectivity index (χ0v) is 26.4. The Morgan fingerprint density at radius 3 is 1.60 bits per heavy atom. The van der Waals surface area contributed by atoms with Crippen LogP contribution in [0.15, 0.2) is 168 Å². The summed E-state index contributed by atoms with van der Waals surface area (Å²) in [6.07, 6.45) is 0. The molecule has 0 amide bonds. The van der Waals surface area contributed by atoms with E-state index in [-0.39, 0.29) is 5.41 Å². The van der Waals surface area contributed by atoms with Crippen molar-refractivity contribution in [2.75, 3.05) is 4.90 Å². The van der Waals surface area contributed by atoms with E-state index < -0.39 is 0 Å². The molecule has 0 fully saturated rings. The lowest BCUT2D eigenvalue weighted by Gasteiger charge is -2.29. The summed E-state index contributed by atoms with van der Waals surface area (Å²) < 4.78 is 6.86. The molecule has 0 N–H and O–H groups in total. The fraction of sp³-hybridized carbons (Fsp3) is 0.0667. The summed E-state index contributed by atoms with van der Waals surface area (Å²) in [5.41, 5.74) is 14.8. The van der Waals surface area contributed by atoms with Gasteiger partial charge in [0.1, 0.15) is 5.58 Å². The number of fused-ring (bicyclic) bond motifs is 6. The smallest absolute Gasteiger partial charge is 0.160 e. The lowest BCUT2D eigenvalue weighted by molar-refractivity contribution is 0.658. The van der Waals surface area contributed by atoms with Gasteiger partial charge < -0.3 is 9.32 Å². The van der Waals surface area contributed by atoms with Crippen molar-refractivity contribution in [3.8, 4) is 33.4 Å². The van der Waals surface area contributed by atoms with Gasteiger partial charge in [0, 0.05) is 33.1 Å². The first-order valence-electron chi connectivity index (χ1n) is 16.3. The van der Waals surface area contributed by atoms with E-state index in [2.05, 4.69) is 183 Å². The van der Waals surface area contributed by atoms with Crippen molar-refractivity contribution in [1.29, 1.82) is 0 Å². The summed E-state index contributed by atoms with van der Waals surface area (Å²) in [6, 6.07) is 58.7. The molecule has 0 spiro atoms. The number of nitrogens with zero attached hydrogens (tertiary/aromatic N) is 1. The van der Waals surface area contributed by atoms with E-state index in [1.165, 1.54) is 44.5 Å². The van der Waals surface area contributed by atoms with Crippen molar-refractivity contribution in [3.63, 3.8) is 0 Å². The Kier molecular flexibility index (Phi) is 6.20. The Labute approximate surface area is 275 Å². The second kappa shape index (κ2) is 10.6. The molecule has 1 heterocycles. The topological polar surface area (TPSA) is 16.4 Å². The van der Waals surface area contributed by atoms with Crippen molar-refractivity contribution in [3.05, 3.63) is 175 Å². The predicted molar refractivity (Wildman–Crippen MR) is 197 cm³/mol. The molecule has 7 aromatic carbocycles. The van der Waals surface area contributed by atoms with Gasteiger partial charge >= 0.3 is 0 Å². The Hall–Kier alpha value is -5.86. The quantitative estimate of drug-likeness (QED) is 0.195. The van der Waals surface area contributed by atoms with Gasteiger partial charge in [0.15, 0.2) is 5.58 Å². The first-order valence-corrected chi connectivity index (χ1v) is 16.3. The number of rotatable bonds is 5. The monoisotopic (exact) mass is 603 g/mol. The fourth-order valence-electron chi connectivity index (χ4n) is 7.49. The molecule has 0 saturated carbocycles. The zero-order valence-electron chi connectivity index (χ0n) is 26.4. The highest BCUT2D eigenvalue weighted by atomic mass is 16.3. The van der Waals surface area contributed by atoms with Crippen LogP contribution in [-0.2, 0) is 5.41 Å². The molecule has 1 aromatic heterocycles. The summed E-state index contributed by atoms with van der Waals surface area (Å²) in [5, 5.41) is 2.28. The second-order valence-electron chi connectivity index (χ2n) is 13.0. The van der Waals surface area contributed by atoms with Crippen LogP contribution in [0.5, 0.6) is 0 Å². The molecule has 0 saturated heterocycles. The minimum absolute atomic E-state index is 0.173. The lowest BCUT2D eigenvalue weighted by Crippen LogP contribution is -2.16. The largest absolute Gasteiger partial charge is 0.454 e. The SMILES string of the molecule is CC1(C)c2ccccc2-c2c1cc1c(oc3ccccc31)c2N(c1ccc(-c2ccccc2)cc1)c1ccc(-c2ccccc2)cc1. The zero-order chi connectivity index (χ0) is 31.5. The number of hydrogen-bond acceptors (Lipinski definition) is 2. The highest BCUT2D eigenvalue weighted by Crippen LogP contribution is 2.57. The van der Waals surface area contributed by atoms with Crippen LogP contribution in [0.3, 0.4) is 0 Å².